The molecule has 0 fully saturated rings. The molecule has 0 saturated heterocycles. The maximum absolute atomic E-state index is 4.49. The molecular weight excluding hydrogens is 420 g/mol. The van der Waals surface area contributed by atoms with Crippen LogP contribution in [-0.4, -0.2) is 37.0 Å². The molecular formula is C18H35ClP2Pd. The van der Waals surface area contributed by atoms with Gasteiger partial charge in [-0.1, -0.05) is 41.5 Å². The van der Waals surface area contributed by atoms with E-state index in [0.717, 1.165) is 0 Å². The summed E-state index contributed by atoms with van der Waals surface area (Å²) >= 11 is 2.22. The van der Waals surface area contributed by atoms with Gasteiger partial charge < -0.3 is 0 Å². The van der Waals surface area contributed by atoms with Gasteiger partial charge in [-0.3, -0.25) is 0 Å². The van der Waals surface area contributed by atoms with Gasteiger partial charge in [0.25, 0.3) is 0 Å². The Kier molecular flexibility index (Phi) is 34.1. The van der Waals surface area contributed by atoms with Gasteiger partial charge >= 0.3 is 27.7 Å². The molecule has 22 heavy (non-hydrogen) atoms. The minimum atomic E-state index is 0.446. The summed E-state index contributed by atoms with van der Waals surface area (Å²) < 4.78 is 0. The Balaban J connectivity index is -0.000000233. The molecule has 134 valence electrons. The molecule has 1 aromatic carbocycles. The predicted molar refractivity (Wildman–Crippen MR) is 108 cm³/mol. The SMILES string of the molecule is CCP(CC)CC.CCP(CC)CC.[Cl][Pd+].[c-]1ccccc1. The smallest absolute Gasteiger partial charge is 0.171 e. The van der Waals surface area contributed by atoms with Gasteiger partial charge in [-0.25, -0.2) is 0 Å². The van der Waals surface area contributed by atoms with Crippen molar-refractivity contribution in [3.8, 4) is 0 Å². The van der Waals surface area contributed by atoms with Crippen molar-refractivity contribution >= 4 is 25.4 Å². The van der Waals surface area contributed by atoms with Gasteiger partial charge in [0.05, 0.1) is 0 Å². The number of hydrogen-bond acceptors (Lipinski definition) is 0. The van der Waals surface area contributed by atoms with Crippen LogP contribution in [0.1, 0.15) is 41.5 Å². The maximum Gasteiger partial charge on any atom is -0.171 e. The van der Waals surface area contributed by atoms with Crippen LogP contribution in [0.5, 0.6) is 0 Å². The fourth-order valence-electron chi connectivity index (χ4n) is 1.68. The minimum Gasteiger partial charge on any atom is -0.184 e. The molecule has 0 unspecified atom stereocenters. The topological polar surface area (TPSA) is 0 Å². The summed E-state index contributed by atoms with van der Waals surface area (Å²) in [5.41, 5.74) is 0. The summed E-state index contributed by atoms with van der Waals surface area (Å²) in [5.74, 6) is 0. The standard InChI is InChI=1S/2C6H15P.C6H5.ClH.Pd/c2*1-4-7(5-2)6-3;1-2-4-6-5-3-1;;/h2*4-6H2,1-3H3;1-5H;1H;/q;;-1;;+2/p-1. The van der Waals surface area contributed by atoms with E-state index < -0.39 is 0 Å². The Bertz CT molecular complexity index is 203. The Hall–Kier alpha value is 1.03. The summed E-state index contributed by atoms with van der Waals surface area (Å²) in [6, 6.07) is 12.5. The Morgan fingerprint density at radius 3 is 0.955 bits per heavy atom. The molecule has 0 saturated carbocycles. The fraction of sp³-hybridized carbons (Fsp3) is 0.667. The normalized spacial score (nSPS) is 9.05. The zero-order valence-electron chi connectivity index (χ0n) is 15.2. The Morgan fingerprint density at radius 2 is 0.909 bits per heavy atom. The molecule has 0 N–H and O–H groups in total. The molecule has 0 radical (unpaired) electrons. The van der Waals surface area contributed by atoms with Crippen molar-refractivity contribution in [1.29, 1.82) is 0 Å². The number of hydrogen-bond donors (Lipinski definition) is 0. The van der Waals surface area contributed by atoms with Crippen molar-refractivity contribution in [1.82, 2.24) is 0 Å². The second kappa shape index (κ2) is 26.9. The van der Waals surface area contributed by atoms with Crippen LogP contribution in [0.15, 0.2) is 30.3 Å². The fourth-order valence-corrected chi connectivity index (χ4v) is 4.37. The summed E-state index contributed by atoms with van der Waals surface area (Å²) in [4.78, 5) is 0. The maximum atomic E-state index is 4.49. The van der Waals surface area contributed by atoms with E-state index in [1.54, 1.807) is 0 Å². The summed E-state index contributed by atoms with van der Waals surface area (Å²) in [6.45, 7) is 13.7. The van der Waals surface area contributed by atoms with Crippen LogP contribution in [-0.2, 0) is 18.2 Å². The summed E-state index contributed by atoms with van der Waals surface area (Å²) in [7, 11) is 5.38. The van der Waals surface area contributed by atoms with E-state index in [9.17, 15) is 0 Å². The van der Waals surface area contributed by atoms with Gasteiger partial charge in [0.15, 0.2) is 0 Å². The van der Waals surface area contributed by atoms with Gasteiger partial charge in [0, 0.05) is 0 Å². The van der Waals surface area contributed by atoms with Gasteiger partial charge in [0.2, 0.25) is 0 Å². The molecule has 1 aromatic rings. The average Bonchev–Trinajstić information content (AvgIpc) is 2.62. The zero-order chi connectivity index (χ0) is 17.6. The monoisotopic (exact) mass is 454 g/mol. The number of rotatable bonds is 6. The molecule has 4 heteroatoms. The number of benzene rings is 1. The third kappa shape index (κ3) is 23.3. The molecule has 0 aliphatic heterocycles. The van der Waals surface area contributed by atoms with Gasteiger partial charge in [-0.05, 0) is 37.0 Å². The molecule has 1 rings (SSSR count). The van der Waals surface area contributed by atoms with Crippen LogP contribution in [0.4, 0.5) is 0 Å². The van der Waals surface area contributed by atoms with Crippen molar-refractivity contribution in [2.24, 2.45) is 0 Å². The van der Waals surface area contributed by atoms with Gasteiger partial charge in [-0.2, -0.15) is 36.4 Å². The van der Waals surface area contributed by atoms with Crippen molar-refractivity contribution in [3.63, 3.8) is 0 Å². The molecule has 0 aliphatic rings. The van der Waals surface area contributed by atoms with E-state index in [0.29, 0.717) is 15.8 Å². The zero-order valence-corrected chi connectivity index (χ0v) is 19.3. The second-order valence-electron chi connectivity index (χ2n) is 4.32. The molecule has 0 bridgehead atoms. The first kappa shape index (κ1) is 27.9. The molecule has 0 aliphatic carbocycles. The van der Waals surface area contributed by atoms with E-state index in [1.165, 1.54) is 37.0 Å². The van der Waals surface area contributed by atoms with Crippen LogP contribution >= 0.6 is 25.4 Å². The molecule has 0 nitrogen and oxygen atoms in total. The van der Waals surface area contributed by atoms with E-state index in [2.05, 4.69) is 75.3 Å². The molecule has 0 aromatic heterocycles. The van der Waals surface area contributed by atoms with E-state index in [4.69, 9.17) is 0 Å². The summed E-state index contributed by atoms with van der Waals surface area (Å²) in [5, 5.41) is 0. The Labute approximate surface area is 158 Å². The second-order valence-corrected chi connectivity index (χ2v) is 10.8. The van der Waals surface area contributed by atoms with E-state index in [-0.39, 0.29) is 0 Å². The molecule has 0 amide bonds. The average molecular weight is 455 g/mol. The van der Waals surface area contributed by atoms with E-state index >= 15 is 0 Å². The van der Waals surface area contributed by atoms with E-state index in [1.807, 2.05) is 30.3 Å². The summed E-state index contributed by atoms with van der Waals surface area (Å²) in [6.07, 6.45) is 8.51. The minimum absolute atomic E-state index is 0.446. The van der Waals surface area contributed by atoms with Crippen LogP contribution in [0.25, 0.3) is 0 Å². The van der Waals surface area contributed by atoms with Crippen LogP contribution in [0.2, 0.25) is 0 Å². The molecule has 0 atom stereocenters. The third-order valence-corrected chi connectivity index (χ3v) is 8.66. The van der Waals surface area contributed by atoms with Gasteiger partial charge in [0.1, 0.15) is 0 Å². The van der Waals surface area contributed by atoms with Crippen molar-refractivity contribution in [2.45, 2.75) is 41.5 Å². The largest absolute Gasteiger partial charge is 0.184 e. The van der Waals surface area contributed by atoms with Crippen molar-refractivity contribution in [3.05, 3.63) is 36.4 Å². The molecule has 0 spiro atoms. The van der Waals surface area contributed by atoms with Crippen LogP contribution in [0.3, 0.4) is 0 Å². The van der Waals surface area contributed by atoms with Crippen LogP contribution in [0, 0.1) is 6.07 Å². The Morgan fingerprint density at radius 1 is 0.636 bits per heavy atom. The number of halogens is 1. The first-order valence-electron chi connectivity index (χ1n) is 8.17. The van der Waals surface area contributed by atoms with Gasteiger partial charge in [-0.15, -0.1) is 15.8 Å². The third-order valence-electron chi connectivity index (χ3n) is 3.29. The first-order chi connectivity index (χ1) is 10.7. The van der Waals surface area contributed by atoms with Crippen molar-refractivity contribution in [2.75, 3.05) is 37.0 Å². The quantitative estimate of drug-likeness (QED) is 0.241. The van der Waals surface area contributed by atoms with Crippen LogP contribution < -0.4 is 0 Å². The first-order valence-corrected chi connectivity index (χ1v) is 14.0. The molecule has 0 heterocycles. The predicted octanol–water partition coefficient (Wildman–Crippen LogP) is 7.23. The van der Waals surface area contributed by atoms with Crippen molar-refractivity contribution < 1.29 is 18.2 Å².